The van der Waals surface area contributed by atoms with Crippen LogP contribution in [0.5, 0.6) is 0 Å². The Labute approximate surface area is 118 Å². The van der Waals surface area contributed by atoms with E-state index in [9.17, 15) is 0 Å². The summed E-state index contributed by atoms with van der Waals surface area (Å²) in [5, 5.41) is 0. The molecule has 0 aliphatic heterocycles. The third-order valence-corrected chi connectivity index (χ3v) is 5.42. The first-order chi connectivity index (χ1) is 9.26. The van der Waals surface area contributed by atoms with E-state index >= 15 is 0 Å². The Morgan fingerprint density at radius 3 is 2.26 bits per heavy atom. The summed E-state index contributed by atoms with van der Waals surface area (Å²) >= 11 is 0. The van der Waals surface area contributed by atoms with E-state index in [0.29, 0.717) is 24.0 Å². The Kier molecular flexibility index (Phi) is 6.11. The molecule has 0 aromatic rings. The van der Waals surface area contributed by atoms with Crippen LogP contribution in [0.15, 0.2) is 0 Å². The first-order valence-corrected chi connectivity index (χ1v) is 8.25. The lowest BCUT2D eigenvalue weighted by Gasteiger charge is -2.40. The van der Waals surface area contributed by atoms with Crippen LogP contribution < -0.4 is 11.3 Å². The highest BCUT2D eigenvalue weighted by atomic mass is 16.5. The SMILES string of the molecule is COC(C1CCCCC1)C(NN)C1CCCC(C)C1. The van der Waals surface area contributed by atoms with Gasteiger partial charge in [0.25, 0.3) is 0 Å². The lowest BCUT2D eigenvalue weighted by Crippen LogP contribution is -2.53. The molecule has 0 aromatic carbocycles. The van der Waals surface area contributed by atoms with E-state index in [1.54, 1.807) is 0 Å². The van der Waals surface area contributed by atoms with E-state index in [-0.39, 0.29) is 0 Å². The van der Waals surface area contributed by atoms with Crippen molar-refractivity contribution in [3.63, 3.8) is 0 Å². The maximum absolute atomic E-state index is 5.90. The highest BCUT2D eigenvalue weighted by molar-refractivity contribution is 4.90. The van der Waals surface area contributed by atoms with Crippen LogP contribution in [-0.2, 0) is 4.74 Å². The fourth-order valence-corrected chi connectivity index (χ4v) is 4.40. The second-order valence-corrected chi connectivity index (χ2v) is 6.82. The van der Waals surface area contributed by atoms with E-state index in [1.165, 1.54) is 57.8 Å². The summed E-state index contributed by atoms with van der Waals surface area (Å²) in [6, 6.07) is 0.343. The second-order valence-electron chi connectivity index (χ2n) is 6.82. The monoisotopic (exact) mass is 268 g/mol. The van der Waals surface area contributed by atoms with Crippen molar-refractivity contribution in [2.24, 2.45) is 23.6 Å². The predicted octanol–water partition coefficient (Wildman–Crippen LogP) is 3.24. The van der Waals surface area contributed by atoms with Crippen LogP contribution in [0, 0.1) is 17.8 Å². The minimum absolute atomic E-state index is 0.306. The largest absolute Gasteiger partial charge is 0.379 e. The van der Waals surface area contributed by atoms with Gasteiger partial charge in [-0.3, -0.25) is 11.3 Å². The van der Waals surface area contributed by atoms with Crippen molar-refractivity contribution in [2.75, 3.05) is 7.11 Å². The average molecular weight is 268 g/mol. The van der Waals surface area contributed by atoms with Gasteiger partial charge in [-0.1, -0.05) is 39.0 Å². The van der Waals surface area contributed by atoms with Gasteiger partial charge in [0.1, 0.15) is 0 Å². The summed E-state index contributed by atoms with van der Waals surface area (Å²) in [5.74, 6) is 8.15. The number of nitrogens with one attached hydrogen (secondary N) is 1. The zero-order valence-electron chi connectivity index (χ0n) is 12.7. The summed E-state index contributed by atoms with van der Waals surface area (Å²) in [4.78, 5) is 0. The molecular weight excluding hydrogens is 236 g/mol. The maximum atomic E-state index is 5.90. The molecule has 19 heavy (non-hydrogen) atoms. The first kappa shape index (κ1) is 15.3. The quantitative estimate of drug-likeness (QED) is 0.594. The average Bonchev–Trinajstić information content (AvgIpc) is 2.45. The van der Waals surface area contributed by atoms with Gasteiger partial charge in [-0.2, -0.15) is 0 Å². The van der Waals surface area contributed by atoms with E-state index in [4.69, 9.17) is 10.6 Å². The molecule has 2 aliphatic carbocycles. The summed E-state index contributed by atoms with van der Waals surface area (Å²) in [7, 11) is 1.87. The van der Waals surface area contributed by atoms with Crippen LogP contribution in [-0.4, -0.2) is 19.3 Å². The molecule has 0 amide bonds. The van der Waals surface area contributed by atoms with E-state index in [0.717, 1.165) is 5.92 Å². The van der Waals surface area contributed by atoms with Crippen LogP contribution in [0.25, 0.3) is 0 Å². The number of hydrogen-bond donors (Lipinski definition) is 2. The third-order valence-electron chi connectivity index (χ3n) is 5.42. The van der Waals surface area contributed by atoms with Gasteiger partial charge in [0.05, 0.1) is 12.1 Å². The van der Waals surface area contributed by atoms with Crippen LogP contribution in [0.4, 0.5) is 0 Å². The van der Waals surface area contributed by atoms with Crippen LogP contribution in [0.2, 0.25) is 0 Å². The van der Waals surface area contributed by atoms with Crippen molar-refractivity contribution in [1.82, 2.24) is 5.43 Å². The topological polar surface area (TPSA) is 47.3 Å². The molecule has 2 fully saturated rings. The number of ether oxygens (including phenoxy) is 1. The van der Waals surface area contributed by atoms with Crippen molar-refractivity contribution in [3.05, 3.63) is 0 Å². The van der Waals surface area contributed by atoms with Gasteiger partial charge in [0.15, 0.2) is 0 Å². The Bertz CT molecular complexity index is 253. The Hall–Kier alpha value is -0.120. The molecule has 3 nitrogen and oxygen atoms in total. The number of rotatable bonds is 5. The number of hydrazine groups is 1. The van der Waals surface area contributed by atoms with Gasteiger partial charge < -0.3 is 4.74 Å². The fourth-order valence-electron chi connectivity index (χ4n) is 4.40. The minimum Gasteiger partial charge on any atom is -0.379 e. The van der Waals surface area contributed by atoms with Crippen molar-refractivity contribution in [1.29, 1.82) is 0 Å². The summed E-state index contributed by atoms with van der Waals surface area (Å²) < 4.78 is 5.89. The number of hydrogen-bond acceptors (Lipinski definition) is 3. The summed E-state index contributed by atoms with van der Waals surface area (Å²) in [6.07, 6.45) is 12.4. The highest BCUT2D eigenvalue weighted by Crippen LogP contribution is 2.36. The molecular formula is C16H32N2O. The van der Waals surface area contributed by atoms with Gasteiger partial charge in [0.2, 0.25) is 0 Å². The molecule has 4 unspecified atom stereocenters. The smallest absolute Gasteiger partial charge is 0.0768 e. The molecule has 0 heterocycles. The molecule has 0 bridgehead atoms. The molecule has 0 aromatic heterocycles. The normalized spacial score (nSPS) is 33.0. The van der Waals surface area contributed by atoms with Crippen molar-refractivity contribution in [3.8, 4) is 0 Å². The number of nitrogens with two attached hydrogens (primary N) is 1. The summed E-state index contributed by atoms with van der Waals surface area (Å²) in [5.41, 5.74) is 3.12. The van der Waals surface area contributed by atoms with Crippen molar-refractivity contribution in [2.45, 2.75) is 76.9 Å². The zero-order valence-corrected chi connectivity index (χ0v) is 12.7. The maximum Gasteiger partial charge on any atom is 0.0768 e. The molecule has 2 saturated carbocycles. The summed E-state index contributed by atoms with van der Waals surface area (Å²) in [6.45, 7) is 2.38. The third kappa shape index (κ3) is 3.93. The standard InChI is InChI=1S/C16H32N2O/c1-12-7-6-10-14(11-12)15(18-17)16(19-2)13-8-4-3-5-9-13/h12-16,18H,3-11,17H2,1-2H3. The Morgan fingerprint density at radius 2 is 1.68 bits per heavy atom. The van der Waals surface area contributed by atoms with Gasteiger partial charge in [-0.25, -0.2) is 0 Å². The molecule has 3 N–H and O–H groups in total. The molecule has 3 heteroatoms. The second kappa shape index (κ2) is 7.61. The predicted molar refractivity (Wildman–Crippen MR) is 79.6 cm³/mol. The highest BCUT2D eigenvalue weighted by Gasteiger charge is 2.36. The molecule has 0 saturated heterocycles. The molecule has 0 radical (unpaired) electrons. The van der Waals surface area contributed by atoms with Gasteiger partial charge >= 0.3 is 0 Å². The minimum atomic E-state index is 0.306. The van der Waals surface area contributed by atoms with E-state index in [2.05, 4.69) is 12.3 Å². The van der Waals surface area contributed by atoms with Gasteiger partial charge in [-0.15, -0.1) is 0 Å². The fraction of sp³-hybridized carbons (Fsp3) is 1.00. The zero-order chi connectivity index (χ0) is 13.7. The van der Waals surface area contributed by atoms with E-state index < -0.39 is 0 Å². The molecule has 4 atom stereocenters. The molecule has 2 rings (SSSR count). The van der Waals surface area contributed by atoms with Crippen LogP contribution >= 0.6 is 0 Å². The lowest BCUT2D eigenvalue weighted by atomic mass is 9.73. The van der Waals surface area contributed by atoms with Crippen LogP contribution in [0.3, 0.4) is 0 Å². The van der Waals surface area contributed by atoms with Crippen LogP contribution in [0.1, 0.15) is 64.7 Å². The molecule has 0 spiro atoms. The molecule has 112 valence electrons. The molecule has 2 aliphatic rings. The van der Waals surface area contributed by atoms with Gasteiger partial charge in [-0.05, 0) is 43.4 Å². The Balaban J connectivity index is 2.00. The van der Waals surface area contributed by atoms with Gasteiger partial charge in [0, 0.05) is 7.11 Å². The Morgan fingerprint density at radius 1 is 1.00 bits per heavy atom. The van der Waals surface area contributed by atoms with E-state index in [1.807, 2.05) is 7.11 Å². The first-order valence-electron chi connectivity index (χ1n) is 8.25. The van der Waals surface area contributed by atoms with Crippen molar-refractivity contribution < 1.29 is 4.74 Å². The lowest BCUT2D eigenvalue weighted by molar-refractivity contribution is -0.0158. The number of methoxy groups -OCH3 is 1. The van der Waals surface area contributed by atoms with Crippen molar-refractivity contribution >= 4 is 0 Å².